The molecule has 0 aromatic heterocycles. The van der Waals surface area contributed by atoms with Gasteiger partial charge in [-0.25, -0.2) is 0 Å². The number of nitrogens with zero attached hydrogens (tertiary/aromatic N) is 1. The van der Waals surface area contributed by atoms with Crippen molar-refractivity contribution in [3.8, 4) is 6.07 Å². The van der Waals surface area contributed by atoms with E-state index in [1.54, 1.807) is 6.07 Å². The Hall–Kier alpha value is -0.850. The molecule has 2 nitrogen and oxygen atoms in total. The van der Waals surface area contributed by atoms with Crippen LogP contribution in [0.1, 0.15) is 19.4 Å². The van der Waals surface area contributed by atoms with E-state index in [0.29, 0.717) is 16.6 Å². The fourth-order valence-electron chi connectivity index (χ4n) is 1.36. The maximum atomic E-state index is 9.01. The standard InChI is InChI=1S/C12H15ClN2S/c1-3-16-8-9(2)15-12-6-4-5-11(13)10(12)7-14/h4-6,9,15H,3,8H2,1-2H3. The number of hydrogen-bond acceptors (Lipinski definition) is 3. The molecule has 1 rings (SSSR count). The third-order valence-corrected chi connectivity index (χ3v) is 3.56. The normalized spacial score (nSPS) is 11.9. The van der Waals surface area contributed by atoms with Gasteiger partial charge in [-0.2, -0.15) is 17.0 Å². The van der Waals surface area contributed by atoms with Crippen LogP contribution in [0.4, 0.5) is 5.69 Å². The molecule has 0 aliphatic heterocycles. The first kappa shape index (κ1) is 13.2. The molecule has 1 atom stereocenters. The lowest BCUT2D eigenvalue weighted by Crippen LogP contribution is -2.18. The first-order valence-corrected chi connectivity index (χ1v) is 6.75. The summed E-state index contributed by atoms with van der Waals surface area (Å²) in [4.78, 5) is 0. The Balaban J connectivity index is 2.74. The van der Waals surface area contributed by atoms with Gasteiger partial charge in [0.15, 0.2) is 0 Å². The maximum Gasteiger partial charge on any atom is 0.103 e. The summed E-state index contributed by atoms with van der Waals surface area (Å²) in [7, 11) is 0. The van der Waals surface area contributed by atoms with Crippen LogP contribution in [0, 0.1) is 11.3 Å². The number of thioether (sulfide) groups is 1. The van der Waals surface area contributed by atoms with Crippen molar-refractivity contribution in [3.05, 3.63) is 28.8 Å². The summed E-state index contributed by atoms with van der Waals surface area (Å²) >= 11 is 7.82. The average molecular weight is 255 g/mol. The zero-order chi connectivity index (χ0) is 12.0. The lowest BCUT2D eigenvalue weighted by atomic mass is 10.2. The Labute approximate surface area is 106 Å². The van der Waals surface area contributed by atoms with Crippen molar-refractivity contribution in [3.63, 3.8) is 0 Å². The lowest BCUT2D eigenvalue weighted by molar-refractivity contribution is 0.912. The van der Waals surface area contributed by atoms with Gasteiger partial charge in [0.05, 0.1) is 16.3 Å². The fraction of sp³-hybridized carbons (Fsp3) is 0.417. The van der Waals surface area contributed by atoms with E-state index in [0.717, 1.165) is 17.2 Å². The lowest BCUT2D eigenvalue weighted by Gasteiger charge is -2.15. The minimum atomic E-state index is 0.329. The number of benzene rings is 1. The van der Waals surface area contributed by atoms with E-state index in [-0.39, 0.29) is 0 Å². The number of halogens is 1. The van der Waals surface area contributed by atoms with Crippen molar-refractivity contribution in [2.24, 2.45) is 0 Å². The number of nitrogens with one attached hydrogen (secondary N) is 1. The monoisotopic (exact) mass is 254 g/mol. The second-order valence-corrected chi connectivity index (χ2v) is 5.21. The summed E-state index contributed by atoms with van der Waals surface area (Å²) in [5.41, 5.74) is 1.34. The number of anilines is 1. The third kappa shape index (κ3) is 3.62. The van der Waals surface area contributed by atoms with Gasteiger partial charge in [-0.15, -0.1) is 0 Å². The maximum absolute atomic E-state index is 9.01. The molecule has 1 aromatic rings. The Morgan fingerprint density at radius 1 is 1.56 bits per heavy atom. The van der Waals surface area contributed by atoms with E-state index in [9.17, 15) is 0 Å². The van der Waals surface area contributed by atoms with Crippen LogP contribution < -0.4 is 5.32 Å². The third-order valence-electron chi connectivity index (χ3n) is 2.10. The highest BCUT2D eigenvalue weighted by Crippen LogP contribution is 2.24. The van der Waals surface area contributed by atoms with E-state index < -0.39 is 0 Å². The molecule has 0 radical (unpaired) electrons. The van der Waals surface area contributed by atoms with Gasteiger partial charge in [-0.05, 0) is 24.8 Å². The van der Waals surface area contributed by atoms with Crippen LogP contribution in [0.15, 0.2) is 18.2 Å². The predicted molar refractivity (Wildman–Crippen MR) is 72.3 cm³/mol. The van der Waals surface area contributed by atoms with Crippen molar-refractivity contribution < 1.29 is 0 Å². The van der Waals surface area contributed by atoms with E-state index >= 15 is 0 Å². The summed E-state index contributed by atoms with van der Waals surface area (Å²) in [5.74, 6) is 2.13. The number of rotatable bonds is 5. The van der Waals surface area contributed by atoms with E-state index in [4.69, 9.17) is 16.9 Å². The molecule has 0 saturated carbocycles. The molecule has 0 bridgehead atoms. The topological polar surface area (TPSA) is 35.8 Å². The Morgan fingerprint density at radius 2 is 2.31 bits per heavy atom. The molecule has 0 amide bonds. The zero-order valence-electron chi connectivity index (χ0n) is 9.46. The van der Waals surface area contributed by atoms with Gasteiger partial charge < -0.3 is 5.32 Å². The first-order chi connectivity index (χ1) is 7.69. The van der Waals surface area contributed by atoms with Crippen LogP contribution >= 0.6 is 23.4 Å². The SMILES string of the molecule is CCSCC(C)Nc1cccc(Cl)c1C#N. The molecule has 1 N–H and O–H groups in total. The smallest absolute Gasteiger partial charge is 0.103 e. The van der Waals surface area contributed by atoms with Crippen molar-refractivity contribution in [2.75, 3.05) is 16.8 Å². The molecule has 0 fully saturated rings. The minimum Gasteiger partial charge on any atom is -0.381 e. The van der Waals surface area contributed by atoms with Crippen LogP contribution in [0.2, 0.25) is 5.02 Å². The van der Waals surface area contributed by atoms with Gasteiger partial charge in [0.25, 0.3) is 0 Å². The summed E-state index contributed by atoms with van der Waals surface area (Å²) in [5, 5.41) is 12.8. The summed E-state index contributed by atoms with van der Waals surface area (Å²) in [6, 6.07) is 7.92. The second kappa shape index (κ2) is 6.67. The quantitative estimate of drug-likeness (QED) is 0.869. The molecule has 16 heavy (non-hydrogen) atoms. The van der Waals surface area contributed by atoms with Crippen molar-refractivity contribution in [1.82, 2.24) is 0 Å². The molecule has 0 saturated heterocycles. The highest BCUT2D eigenvalue weighted by atomic mass is 35.5. The first-order valence-electron chi connectivity index (χ1n) is 5.22. The number of hydrogen-bond donors (Lipinski definition) is 1. The molecular weight excluding hydrogens is 240 g/mol. The van der Waals surface area contributed by atoms with Crippen molar-refractivity contribution >= 4 is 29.1 Å². The molecular formula is C12H15ClN2S. The summed E-state index contributed by atoms with van der Waals surface area (Å²) in [6.45, 7) is 4.24. The van der Waals surface area contributed by atoms with Gasteiger partial charge in [0, 0.05) is 11.8 Å². The molecule has 1 aromatic carbocycles. The molecule has 1 unspecified atom stereocenters. The van der Waals surface area contributed by atoms with E-state index in [1.165, 1.54) is 0 Å². The predicted octanol–water partition coefficient (Wildman–Crippen LogP) is 3.77. The second-order valence-electron chi connectivity index (χ2n) is 3.48. The zero-order valence-corrected chi connectivity index (χ0v) is 11.0. The molecule has 0 aliphatic rings. The van der Waals surface area contributed by atoms with Gasteiger partial charge in [-0.3, -0.25) is 0 Å². The Morgan fingerprint density at radius 3 is 2.94 bits per heavy atom. The van der Waals surface area contributed by atoms with Crippen molar-refractivity contribution in [2.45, 2.75) is 19.9 Å². The molecule has 0 heterocycles. The van der Waals surface area contributed by atoms with Crippen LogP contribution in [0.25, 0.3) is 0 Å². The molecule has 4 heteroatoms. The Bertz CT molecular complexity index is 387. The highest BCUT2D eigenvalue weighted by molar-refractivity contribution is 7.99. The number of nitriles is 1. The summed E-state index contributed by atoms with van der Waals surface area (Å²) < 4.78 is 0. The van der Waals surface area contributed by atoms with Gasteiger partial charge >= 0.3 is 0 Å². The van der Waals surface area contributed by atoms with Crippen LogP contribution in [0.5, 0.6) is 0 Å². The highest BCUT2D eigenvalue weighted by Gasteiger charge is 2.08. The average Bonchev–Trinajstić information content (AvgIpc) is 2.27. The van der Waals surface area contributed by atoms with Gasteiger partial charge in [0.1, 0.15) is 6.07 Å². The van der Waals surface area contributed by atoms with E-state index in [2.05, 4.69) is 25.2 Å². The van der Waals surface area contributed by atoms with Gasteiger partial charge in [-0.1, -0.05) is 24.6 Å². The van der Waals surface area contributed by atoms with Crippen LogP contribution in [-0.2, 0) is 0 Å². The van der Waals surface area contributed by atoms with Crippen molar-refractivity contribution in [1.29, 1.82) is 5.26 Å². The summed E-state index contributed by atoms with van der Waals surface area (Å²) in [6.07, 6.45) is 0. The fourth-order valence-corrected chi connectivity index (χ4v) is 2.25. The minimum absolute atomic E-state index is 0.329. The molecule has 0 aliphatic carbocycles. The van der Waals surface area contributed by atoms with Gasteiger partial charge in [0.2, 0.25) is 0 Å². The van der Waals surface area contributed by atoms with E-state index in [1.807, 2.05) is 23.9 Å². The molecule has 86 valence electrons. The molecule has 0 spiro atoms. The van der Waals surface area contributed by atoms with Crippen LogP contribution in [-0.4, -0.2) is 17.5 Å². The largest absolute Gasteiger partial charge is 0.381 e. The van der Waals surface area contributed by atoms with Crippen LogP contribution in [0.3, 0.4) is 0 Å². The Kier molecular flexibility index (Phi) is 5.51.